The number of halogens is 1. The SMILES string of the molecule is NCCc1ccc(Cl)cc1Sc1ccc2c(c1)CCC2. The van der Waals surface area contributed by atoms with Crippen LogP contribution in [0, 0.1) is 0 Å². The van der Waals surface area contributed by atoms with Gasteiger partial charge >= 0.3 is 0 Å². The summed E-state index contributed by atoms with van der Waals surface area (Å²) in [5.41, 5.74) is 10.0. The van der Waals surface area contributed by atoms with Crippen LogP contribution in [0.4, 0.5) is 0 Å². The molecule has 0 fully saturated rings. The van der Waals surface area contributed by atoms with Crippen LogP contribution in [0.5, 0.6) is 0 Å². The molecule has 2 N–H and O–H groups in total. The van der Waals surface area contributed by atoms with Gasteiger partial charge < -0.3 is 5.73 Å². The smallest absolute Gasteiger partial charge is 0.0417 e. The summed E-state index contributed by atoms with van der Waals surface area (Å²) in [5.74, 6) is 0. The maximum atomic E-state index is 6.13. The molecule has 0 saturated carbocycles. The van der Waals surface area contributed by atoms with E-state index in [0.29, 0.717) is 6.54 Å². The van der Waals surface area contributed by atoms with Crippen LogP contribution in [0.15, 0.2) is 46.2 Å². The Balaban J connectivity index is 1.88. The van der Waals surface area contributed by atoms with Crippen molar-refractivity contribution in [1.82, 2.24) is 0 Å². The third-order valence-corrected chi connectivity index (χ3v) is 5.07. The van der Waals surface area contributed by atoms with Crippen molar-refractivity contribution in [2.24, 2.45) is 5.73 Å². The van der Waals surface area contributed by atoms with Gasteiger partial charge in [-0.1, -0.05) is 35.5 Å². The summed E-state index contributed by atoms with van der Waals surface area (Å²) in [6.07, 6.45) is 4.63. The van der Waals surface area contributed by atoms with Gasteiger partial charge in [0.05, 0.1) is 0 Å². The molecular formula is C17H18ClNS. The normalized spacial score (nSPS) is 13.5. The average molecular weight is 304 g/mol. The monoisotopic (exact) mass is 303 g/mol. The van der Waals surface area contributed by atoms with E-state index < -0.39 is 0 Å². The van der Waals surface area contributed by atoms with Crippen molar-refractivity contribution in [3.63, 3.8) is 0 Å². The van der Waals surface area contributed by atoms with E-state index in [4.69, 9.17) is 17.3 Å². The van der Waals surface area contributed by atoms with E-state index in [1.807, 2.05) is 12.1 Å². The second kappa shape index (κ2) is 6.21. The lowest BCUT2D eigenvalue weighted by Crippen LogP contribution is -2.03. The Bertz CT molecular complexity index is 624. The maximum Gasteiger partial charge on any atom is 0.0417 e. The molecule has 1 aliphatic carbocycles. The van der Waals surface area contributed by atoms with Gasteiger partial charge in [0.15, 0.2) is 0 Å². The number of nitrogens with two attached hydrogens (primary N) is 1. The molecule has 1 aliphatic rings. The van der Waals surface area contributed by atoms with Crippen molar-refractivity contribution in [3.05, 3.63) is 58.1 Å². The number of hydrogen-bond donors (Lipinski definition) is 1. The molecule has 0 aliphatic heterocycles. The van der Waals surface area contributed by atoms with Crippen LogP contribution >= 0.6 is 23.4 Å². The van der Waals surface area contributed by atoms with Gasteiger partial charge in [0.25, 0.3) is 0 Å². The highest BCUT2D eigenvalue weighted by Gasteiger charge is 2.12. The summed E-state index contributed by atoms with van der Waals surface area (Å²) in [7, 11) is 0. The molecule has 2 aromatic rings. The highest BCUT2D eigenvalue weighted by Crippen LogP contribution is 2.35. The third-order valence-electron chi connectivity index (χ3n) is 3.74. The van der Waals surface area contributed by atoms with Crippen LogP contribution in [-0.2, 0) is 19.3 Å². The van der Waals surface area contributed by atoms with Crippen LogP contribution in [0.25, 0.3) is 0 Å². The van der Waals surface area contributed by atoms with Crippen molar-refractivity contribution >= 4 is 23.4 Å². The van der Waals surface area contributed by atoms with Crippen molar-refractivity contribution in [2.75, 3.05) is 6.54 Å². The summed E-state index contributed by atoms with van der Waals surface area (Å²) in [5, 5.41) is 0.787. The molecule has 20 heavy (non-hydrogen) atoms. The standard InChI is InChI=1S/C17H18ClNS/c18-15-6-4-13(8-9-19)17(11-15)20-16-7-5-12-2-1-3-14(12)10-16/h4-7,10-11H,1-3,8-9,19H2. The Morgan fingerprint density at radius 1 is 1.05 bits per heavy atom. The third kappa shape index (κ3) is 3.03. The first-order chi connectivity index (χ1) is 9.76. The van der Waals surface area contributed by atoms with Crippen LogP contribution in [-0.4, -0.2) is 6.54 Å². The Labute approximate surface area is 129 Å². The Kier molecular flexibility index (Phi) is 4.35. The molecule has 0 bridgehead atoms. The van der Waals surface area contributed by atoms with Crippen LogP contribution in [0.1, 0.15) is 23.1 Å². The number of aryl methyl sites for hydroxylation is 2. The molecule has 0 unspecified atom stereocenters. The fourth-order valence-electron chi connectivity index (χ4n) is 2.72. The molecule has 104 valence electrons. The number of rotatable bonds is 4. The zero-order chi connectivity index (χ0) is 13.9. The molecule has 0 aromatic heterocycles. The van der Waals surface area contributed by atoms with Crippen molar-refractivity contribution in [2.45, 2.75) is 35.5 Å². The minimum absolute atomic E-state index is 0.666. The fourth-order valence-corrected chi connectivity index (χ4v) is 4.04. The summed E-state index contributed by atoms with van der Waals surface area (Å²) in [6.45, 7) is 0.666. The molecule has 0 spiro atoms. The Hall–Kier alpha value is -0.960. The van der Waals surface area contributed by atoms with E-state index in [1.54, 1.807) is 11.8 Å². The first-order valence-electron chi connectivity index (χ1n) is 7.04. The lowest BCUT2D eigenvalue weighted by molar-refractivity contribution is 0.911. The van der Waals surface area contributed by atoms with Gasteiger partial charge in [0, 0.05) is 14.8 Å². The second-order valence-corrected chi connectivity index (χ2v) is 6.73. The first-order valence-corrected chi connectivity index (χ1v) is 8.24. The van der Waals surface area contributed by atoms with Gasteiger partial charge in [0.2, 0.25) is 0 Å². The molecule has 0 radical (unpaired) electrons. The van der Waals surface area contributed by atoms with Gasteiger partial charge in [-0.05, 0) is 73.2 Å². The molecule has 3 rings (SSSR count). The molecular weight excluding hydrogens is 286 g/mol. The van der Waals surface area contributed by atoms with Gasteiger partial charge in [-0.25, -0.2) is 0 Å². The summed E-state index contributed by atoms with van der Waals surface area (Å²) >= 11 is 7.93. The minimum Gasteiger partial charge on any atom is -0.330 e. The van der Waals surface area contributed by atoms with Gasteiger partial charge in [-0.15, -0.1) is 0 Å². The lowest BCUT2D eigenvalue weighted by atomic mass is 10.1. The predicted molar refractivity (Wildman–Crippen MR) is 86.8 cm³/mol. The summed E-state index contributed by atoms with van der Waals surface area (Å²) < 4.78 is 0. The molecule has 0 saturated heterocycles. The van der Waals surface area contributed by atoms with Gasteiger partial charge in [-0.3, -0.25) is 0 Å². The van der Waals surface area contributed by atoms with E-state index in [2.05, 4.69) is 24.3 Å². The van der Waals surface area contributed by atoms with E-state index in [-0.39, 0.29) is 0 Å². The topological polar surface area (TPSA) is 26.0 Å². The van der Waals surface area contributed by atoms with Crippen LogP contribution in [0.3, 0.4) is 0 Å². The molecule has 3 heteroatoms. The van der Waals surface area contributed by atoms with E-state index >= 15 is 0 Å². The lowest BCUT2D eigenvalue weighted by Gasteiger charge is -2.10. The Morgan fingerprint density at radius 2 is 1.90 bits per heavy atom. The van der Waals surface area contributed by atoms with E-state index in [1.165, 1.54) is 45.7 Å². The van der Waals surface area contributed by atoms with Crippen molar-refractivity contribution in [1.29, 1.82) is 0 Å². The number of benzene rings is 2. The summed E-state index contributed by atoms with van der Waals surface area (Å²) in [4.78, 5) is 2.52. The molecule has 0 heterocycles. The molecule has 1 nitrogen and oxygen atoms in total. The molecule has 0 amide bonds. The average Bonchev–Trinajstić information content (AvgIpc) is 2.89. The van der Waals surface area contributed by atoms with Crippen LogP contribution in [0.2, 0.25) is 5.02 Å². The van der Waals surface area contributed by atoms with E-state index in [9.17, 15) is 0 Å². The largest absolute Gasteiger partial charge is 0.330 e. The fraction of sp³-hybridized carbons (Fsp3) is 0.294. The molecule has 0 atom stereocenters. The zero-order valence-corrected chi connectivity index (χ0v) is 12.9. The number of fused-ring (bicyclic) bond motifs is 1. The van der Waals surface area contributed by atoms with Gasteiger partial charge in [-0.2, -0.15) is 0 Å². The zero-order valence-electron chi connectivity index (χ0n) is 11.4. The van der Waals surface area contributed by atoms with Crippen LogP contribution < -0.4 is 5.73 Å². The maximum absolute atomic E-state index is 6.13. The van der Waals surface area contributed by atoms with E-state index in [0.717, 1.165) is 11.4 Å². The number of hydrogen-bond acceptors (Lipinski definition) is 2. The summed E-state index contributed by atoms with van der Waals surface area (Å²) in [6, 6.07) is 12.9. The predicted octanol–water partition coefficient (Wildman–Crippen LogP) is 4.48. The van der Waals surface area contributed by atoms with Gasteiger partial charge in [0.1, 0.15) is 0 Å². The van der Waals surface area contributed by atoms with Crippen molar-refractivity contribution < 1.29 is 0 Å². The minimum atomic E-state index is 0.666. The quantitative estimate of drug-likeness (QED) is 0.901. The first kappa shape index (κ1) is 14.0. The highest BCUT2D eigenvalue weighted by atomic mass is 35.5. The molecule has 2 aromatic carbocycles. The Morgan fingerprint density at radius 3 is 2.75 bits per heavy atom. The van der Waals surface area contributed by atoms with Crippen molar-refractivity contribution in [3.8, 4) is 0 Å². The highest BCUT2D eigenvalue weighted by molar-refractivity contribution is 7.99. The second-order valence-electron chi connectivity index (χ2n) is 5.18.